The highest BCUT2D eigenvalue weighted by atomic mass is 35.5. The highest BCUT2D eigenvalue weighted by Crippen LogP contribution is 2.35. The Morgan fingerprint density at radius 3 is 2.53 bits per heavy atom. The molecule has 0 saturated heterocycles. The topological polar surface area (TPSA) is 21.3 Å². The van der Waals surface area contributed by atoms with E-state index in [1.165, 1.54) is 20.2 Å². The van der Waals surface area contributed by atoms with E-state index in [2.05, 4.69) is 5.32 Å². The number of benzene rings is 1. The van der Waals surface area contributed by atoms with Crippen molar-refractivity contribution in [1.82, 2.24) is 5.32 Å². The fourth-order valence-electron chi connectivity index (χ4n) is 1.58. The first-order chi connectivity index (χ1) is 7.87. The molecule has 0 aromatic heterocycles. The summed E-state index contributed by atoms with van der Waals surface area (Å²) in [5, 5.41) is 3.00. The van der Waals surface area contributed by atoms with E-state index < -0.39 is 18.6 Å². The predicted molar refractivity (Wildman–Crippen MR) is 60.5 cm³/mol. The average Bonchev–Trinajstić information content (AvgIpc) is 2.24. The lowest BCUT2D eigenvalue weighted by Gasteiger charge is -2.20. The molecule has 0 heterocycles. The van der Waals surface area contributed by atoms with Crippen molar-refractivity contribution in [2.45, 2.75) is 18.6 Å². The lowest BCUT2D eigenvalue weighted by Crippen LogP contribution is -2.24. The van der Waals surface area contributed by atoms with E-state index in [0.29, 0.717) is 16.3 Å². The molecule has 0 aliphatic carbocycles. The van der Waals surface area contributed by atoms with Crippen LogP contribution in [0.25, 0.3) is 0 Å². The quantitative estimate of drug-likeness (QED) is 0.901. The van der Waals surface area contributed by atoms with Crippen molar-refractivity contribution in [3.63, 3.8) is 0 Å². The Kier molecular flexibility index (Phi) is 4.65. The van der Waals surface area contributed by atoms with Crippen molar-refractivity contribution in [3.05, 3.63) is 28.8 Å². The first-order valence-electron chi connectivity index (χ1n) is 4.95. The van der Waals surface area contributed by atoms with Crippen molar-refractivity contribution in [3.8, 4) is 5.75 Å². The zero-order valence-electron chi connectivity index (χ0n) is 9.44. The summed E-state index contributed by atoms with van der Waals surface area (Å²) in [5.74, 6) is 0.387. The summed E-state index contributed by atoms with van der Waals surface area (Å²) < 4.78 is 42.2. The highest BCUT2D eigenvalue weighted by molar-refractivity contribution is 6.30. The Balaban J connectivity index is 3.06. The van der Waals surface area contributed by atoms with Gasteiger partial charge in [-0.05, 0) is 25.2 Å². The molecule has 0 spiro atoms. The fourth-order valence-corrected chi connectivity index (χ4v) is 1.76. The number of methoxy groups -OCH3 is 1. The molecule has 1 N–H and O–H groups in total. The Labute approximate surface area is 103 Å². The molecule has 0 radical (unpaired) electrons. The first-order valence-corrected chi connectivity index (χ1v) is 5.32. The number of halogens is 4. The van der Waals surface area contributed by atoms with Crippen LogP contribution in [0.3, 0.4) is 0 Å². The van der Waals surface area contributed by atoms with Gasteiger partial charge in [-0.1, -0.05) is 11.6 Å². The van der Waals surface area contributed by atoms with Gasteiger partial charge < -0.3 is 10.1 Å². The third-order valence-corrected chi connectivity index (χ3v) is 2.59. The van der Waals surface area contributed by atoms with Crippen LogP contribution in [0.1, 0.15) is 18.0 Å². The molecule has 0 aliphatic heterocycles. The zero-order valence-corrected chi connectivity index (χ0v) is 10.2. The van der Waals surface area contributed by atoms with Crippen LogP contribution in [0.4, 0.5) is 13.2 Å². The van der Waals surface area contributed by atoms with Crippen molar-refractivity contribution in [1.29, 1.82) is 0 Å². The molecule has 96 valence electrons. The summed E-state index contributed by atoms with van der Waals surface area (Å²) in [4.78, 5) is 0. The molecule has 1 aromatic carbocycles. The summed E-state index contributed by atoms with van der Waals surface area (Å²) in [5.41, 5.74) is 0.403. The number of hydrogen-bond donors (Lipinski definition) is 1. The van der Waals surface area contributed by atoms with Crippen LogP contribution in [-0.4, -0.2) is 20.3 Å². The molecular weight excluding hydrogens is 255 g/mol. The minimum Gasteiger partial charge on any atom is -0.496 e. The predicted octanol–water partition coefficient (Wildman–Crippen LogP) is 3.56. The second kappa shape index (κ2) is 5.60. The summed E-state index contributed by atoms with van der Waals surface area (Å²) >= 11 is 5.78. The van der Waals surface area contributed by atoms with E-state index in [-0.39, 0.29) is 0 Å². The van der Waals surface area contributed by atoms with Crippen LogP contribution in [0.15, 0.2) is 18.2 Å². The molecule has 17 heavy (non-hydrogen) atoms. The largest absolute Gasteiger partial charge is 0.496 e. The van der Waals surface area contributed by atoms with E-state index in [1.807, 2.05) is 0 Å². The molecule has 1 atom stereocenters. The molecule has 6 heteroatoms. The number of ether oxygens (including phenoxy) is 1. The van der Waals surface area contributed by atoms with Crippen LogP contribution in [0, 0.1) is 0 Å². The Morgan fingerprint density at radius 1 is 1.41 bits per heavy atom. The van der Waals surface area contributed by atoms with Gasteiger partial charge in [0.25, 0.3) is 0 Å². The summed E-state index contributed by atoms with van der Waals surface area (Å²) in [6.07, 6.45) is -5.22. The zero-order chi connectivity index (χ0) is 13.1. The second-order valence-corrected chi connectivity index (χ2v) is 3.98. The Hall–Kier alpha value is -0.940. The number of alkyl halides is 3. The minimum absolute atomic E-state index is 0.378. The molecule has 0 saturated carbocycles. The average molecular weight is 268 g/mol. The number of nitrogens with one attached hydrogen (secondary N) is 1. The van der Waals surface area contributed by atoms with E-state index in [4.69, 9.17) is 16.3 Å². The number of rotatable bonds is 4. The van der Waals surface area contributed by atoms with E-state index >= 15 is 0 Å². The van der Waals surface area contributed by atoms with Gasteiger partial charge in [-0.15, -0.1) is 0 Å². The summed E-state index contributed by atoms with van der Waals surface area (Å²) in [6.45, 7) is 0. The fraction of sp³-hybridized carbons (Fsp3) is 0.455. The maximum absolute atomic E-state index is 12.4. The third-order valence-electron chi connectivity index (χ3n) is 2.35. The van der Waals surface area contributed by atoms with E-state index in [1.54, 1.807) is 12.1 Å². The second-order valence-electron chi connectivity index (χ2n) is 3.55. The van der Waals surface area contributed by atoms with E-state index in [9.17, 15) is 13.2 Å². The maximum atomic E-state index is 12.4. The molecule has 0 aliphatic rings. The molecule has 0 amide bonds. The van der Waals surface area contributed by atoms with Crippen LogP contribution >= 0.6 is 11.6 Å². The Morgan fingerprint density at radius 2 is 2.06 bits per heavy atom. The third kappa shape index (κ3) is 4.09. The van der Waals surface area contributed by atoms with Crippen molar-refractivity contribution in [2.24, 2.45) is 0 Å². The highest BCUT2D eigenvalue weighted by Gasteiger charge is 2.33. The van der Waals surface area contributed by atoms with Gasteiger partial charge in [0.2, 0.25) is 0 Å². The lowest BCUT2D eigenvalue weighted by atomic mass is 10.0. The van der Waals surface area contributed by atoms with Gasteiger partial charge in [-0.3, -0.25) is 0 Å². The van der Waals surface area contributed by atoms with Crippen LogP contribution in [-0.2, 0) is 0 Å². The molecule has 1 aromatic rings. The lowest BCUT2D eigenvalue weighted by molar-refractivity contribution is -0.140. The van der Waals surface area contributed by atoms with E-state index in [0.717, 1.165) is 0 Å². The van der Waals surface area contributed by atoms with Crippen LogP contribution in [0.2, 0.25) is 5.02 Å². The molecule has 0 bridgehead atoms. The summed E-state index contributed by atoms with van der Waals surface area (Å²) in [6, 6.07) is 3.74. The Bertz CT molecular complexity index is 381. The van der Waals surface area contributed by atoms with Gasteiger partial charge in [-0.2, -0.15) is 13.2 Å². The van der Waals surface area contributed by atoms with Gasteiger partial charge in [0, 0.05) is 16.6 Å². The van der Waals surface area contributed by atoms with Crippen LogP contribution < -0.4 is 10.1 Å². The van der Waals surface area contributed by atoms with Gasteiger partial charge in [-0.25, -0.2) is 0 Å². The molecule has 2 nitrogen and oxygen atoms in total. The van der Waals surface area contributed by atoms with Crippen molar-refractivity contribution >= 4 is 11.6 Å². The van der Waals surface area contributed by atoms with Crippen molar-refractivity contribution < 1.29 is 17.9 Å². The molecular formula is C11H13ClF3NO. The van der Waals surface area contributed by atoms with Gasteiger partial charge in [0.15, 0.2) is 0 Å². The van der Waals surface area contributed by atoms with Gasteiger partial charge >= 0.3 is 6.18 Å². The minimum atomic E-state index is -4.25. The number of hydrogen-bond acceptors (Lipinski definition) is 2. The SMILES string of the molecule is CNC(CC(F)(F)F)c1cc(Cl)ccc1OC. The normalized spacial score (nSPS) is 13.5. The smallest absolute Gasteiger partial charge is 0.390 e. The maximum Gasteiger partial charge on any atom is 0.390 e. The van der Waals surface area contributed by atoms with Gasteiger partial charge in [0.1, 0.15) is 5.75 Å². The monoisotopic (exact) mass is 267 g/mol. The molecule has 0 fully saturated rings. The first kappa shape index (κ1) is 14.1. The summed E-state index contributed by atoms with van der Waals surface area (Å²) in [7, 11) is 2.88. The van der Waals surface area contributed by atoms with Gasteiger partial charge in [0.05, 0.1) is 13.5 Å². The van der Waals surface area contributed by atoms with Crippen LogP contribution in [0.5, 0.6) is 5.75 Å². The molecule has 1 unspecified atom stereocenters. The molecule has 1 rings (SSSR count). The standard InChI is InChI=1S/C11H13ClF3NO/c1-16-9(6-11(13,14)15)8-5-7(12)3-4-10(8)17-2/h3-5,9,16H,6H2,1-2H3. The van der Waals surface area contributed by atoms with Crippen molar-refractivity contribution in [2.75, 3.05) is 14.2 Å².